The molecule has 4 heteroatoms. The van der Waals surface area contributed by atoms with Gasteiger partial charge in [0.05, 0.1) is 0 Å². The zero-order chi connectivity index (χ0) is 15.2. The van der Waals surface area contributed by atoms with Gasteiger partial charge in [0.2, 0.25) is 0 Å². The predicted molar refractivity (Wildman–Crippen MR) is 85.5 cm³/mol. The van der Waals surface area contributed by atoms with Crippen molar-refractivity contribution in [3.8, 4) is 5.75 Å². The maximum Gasteiger partial charge on any atom is 0.262 e. The van der Waals surface area contributed by atoms with Gasteiger partial charge in [-0.25, -0.2) is 0 Å². The minimum absolute atomic E-state index is 0.0314. The summed E-state index contributed by atoms with van der Waals surface area (Å²) in [6.45, 7) is 4.20. The van der Waals surface area contributed by atoms with Crippen LogP contribution in [0.5, 0.6) is 5.75 Å². The summed E-state index contributed by atoms with van der Waals surface area (Å²) in [6.07, 6.45) is 0. The van der Waals surface area contributed by atoms with Crippen LogP contribution in [0.3, 0.4) is 0 Å². The van der Waals surface area contributed by atoms with Gasteiger partial charge in [-0.05, 0) is 41.8 Å². The highest BCUT2D eigenvalue weighted by Crippen LogP contribution is 2.20. The molecule has 0 heterocycles. The van der Waals surface area contributed by atoms with Crippen LogP contribution in [-0.2, 0) is 4.79 Å². The Bertz CT molecular complexity index is 624. The Morgan fingerprint density at radius 1 is 1.19 bits per heavy atom. The first kappa shape index (κ1) is 14.9. The van der Waals surface area contributed by atoms with E-state index in [0.717, 1.165) is 0 Å². The number of nitrogen functional groups attached to an aromatic ring is 1. The molecule has 2 aromatic carbocycles. The van der Waals surface area contributed by atoms with E-state index < -0.39 is 0 Å². The average Bonchev–Trinajstić information content (AvgIpc) is 2.45. The van der Waals surface area contributed by atoms with Crippen LogP contribution in [0.2, 0.25) is 0 Å². The monoisotopic (exact) mass is 284 g/mol. The van der Waals surface area contributed by atoms with Crippen molar-refractivity contribution in [2.45, 2.75) is 19.8 Å². The van der Waals surface area contributed by atoms with Crippen LogP contribution in [0.4, 0.5) is 11.4 Å². The van der Waals surface area contributed by atoms with Crippen molar-refractivity contribution < 1.29 is 9.53 Å². The molecular formula is C17H20N2O2. The summed E-state index contributed by atoms with van der Waals surface area (Å²) in [6, 6.07) is 14.8. The van der Waals surface area contributed by atoms with Gasteiger partial charge in [-0.2, -0.15) is 0 Å². The SMILES string of the molecule is CC(C)c1cccc(OCC(=O)Nc2cccc(N)c2)c1. The van der Waals surface area contributed by atoms with Gasteiger partial charge in [0.15, 0.2) is 6.61 Å². The Morgan fingerprint density at radius 2 is 1.95 bits per heavy atom. The quantitative estimate of drug-likeness (QED) is 0.827. The van der Waals surface area contributed by atoms with E-state index in [-0.39, 0.29) is 12.5 Å². The van der Waals surface area contributed by atoms with Gasteiger partial charge in [0, 0.05) is 11.4 Å². The maximum atomic E-state index is 11.8. The first-order chi connectivity index (χ1) is 10.0. The van der Waals surface area contributed by atoms with E-state index in [9.17, 15) is 4.79 Å². The van der Waals surface area contributed by atoms with E-state index in [0.29, 0.717) is 23.0 Å². The highest BCUT2D eigenvalue weighted by atomic mass is 16.5. The van der Waals surface area contributed by atoms with Crippen LogP contribution in [0.25, 0.3) is 0 Å². The number of nitrogens with one attached hydrogen (secondary N) is 1. The van der Waals surface area contributed by atoms with Crippen molar-refractivity contribution in [1.82, 2.24) is 0 Å². The summed E-state index contributed by atoms with van der Waals surface area (Å²) in [5.41, 5.74) is 8.12. The number of hydrogen-bond donors (Lipinski definition) is 2. The number of ether oxygens (including phenoxy) is 1. The van der Waals surface area contributed by atoms with Crippen molar-refractivity contribution in [3.05, 3.63) is 54.1 Å². The number of benzene rings is 2. The first-order valence-corrected chi connectivity index (χ1v) is 6.93. The molecule has 0 fully saturated rings. The van der Waals surface area contributed by atoms with E-state index in [2.05, 4.69) is 19.2 Å². The molecule has 2 rings (SSSR count). The highest BCUT2D eigenvalue weighted by Gasteiger charge is 2.05. The molecule has 0 aliphatic carbocycles. The number of hydrogen-bond acceptors (Lipinski definition) is 3. The second-order valence-corrected chi connectivity index (χ2v) is 5.19. The van der Waals surface area contributed by atoms with Gasteiger partial charge < -0.3 is 15.8 Å². The molecule has 4 nitrogen and oxygen atoms in total. The minimum Gasteiger partial charge on any atom is -0.484 e. The Balaban J connectivity index is 1.90. The molecule has 110 valence electrons. The molecule has 0 unspecified atom stereocenters. The standard InChI is InChI=1S/C17H20N2O2/c1-12(2)13-5-3-8-16(9-13)21-11-17(20)19-15-7-4-6-14(18)10-15/h3-10,12H,11,18H2,1-2H3,(H,19,20). The summed E-state index contributed by atoms with van der Waals surface area (Å²) in [5, 5.41) is 2.75. The third-order valence-electron chi connectivity index (χ3n) is 3.07. The van der Waals surface area contributed by atoms with E-state index in [4.69, 9.17) is 10.5 Å². The Hall–Kier alpha value is -2.49. The van der Waals surface area contributed by atoms with E-state index in [1.165, 1.54) is 5.56 Å². The van der Waals surface area contributed by atoms with Gasteiger partial charge in [-0.3, -0.25) is 4.79 Å². The number of rotatable bonds is 5. The molecule has 2 aromatic rings. The molecule has 3 N–H and O–H groups in total. The molecule has 0 radical (unpaired) electrons. The van der Waals surface area contributed by atoms with Crippen LogP contribution in [0.15, 0.2) is 48.5 Å². The fourth-order valence-corrected chi connectivity index (χ4v) is 1.93. The van der Waals surface area contributed by atoms with Gasteiger partial charge in [-0.15, -0.1) is 0 Å². The largest absolute Gasteiger partial charge is 0.484 e. The zero-order valence-corrected chi connectivity index (χ0v) is 12.3. The summed E-state index contributed by atoms with van der Waals surface area (Å²) in [5.74, 6) is 0.911. The molecule has 21 heavy (non-hydrogen) atoms. The molecule has 0 saturated carbocycles. The van der Waals surface area contributed by atoms with E-state index in [1.54, 1.807) is 24.3 Å². The lowest BCUT2D eigenvalue weighted by Gasteiger charge is -2.10. The molecule has 0 saturated heterocycles. The van der Waals surface area contributed by atoms with Crippen LogP contribution >= 0.6 is 0 Å². The van der Waals surface area contributed by atoms with E-state index >= 15 is 0 Å². The van der Waals surface area contributed by atoms with Crippen molar-refractivity contribution in [1.29, 1.82) is 0 Å². The molecule has 0 spiro atoms. The normalized spacial score (nSPS) is 10.4. The molecule has 0 bridgehead atoms. The van der Waals surface area contributed by atoms with Crippen molar-refractivity contribution >= 4 is 17.3 Å². The lowest BCUT2D eigenvalue weighted by molar-refractivity contribution is -0.118. The van der Waals surface area contributed by atoms with Crippen molar-refractivity contribution in [2.75, 3.05) is 17.7 Å². The van der Waals surface area contributed by atoms with Crippen molar-refractivity contribution in [2.24, 2.45) is 0 Å². The number of carbonyl (C=O) groups is 1. The Morgan fingerprint density at radius 3 is 2.67 bits per heavy atom. The second-order valence-electron chi connectivity index (χ2n) is 5.19. The number of nitrogens with two attached hydrogens (primary N) is 1. The van der Waals surface area contributed by atoms with Crippen LogP contribution in [-0.4, -0.2) is 12.5 Å². The number of anilines is 2. The maximum absolute atomic E-state index is 11.8. The third kappa shape index (κ3) is 4.53. The smallest absolute Gasteiger partial charge is 0.262 e. The third-order valence-corrected chi connectivity index (χ3v) is 3.07. The van der Waals surface area contributed by atoms with Crippen molar-refractivity contribution in [3.63, 3.8) is 0 Å². The average molecular weight is 284 g/mol. The fraction of sp³-hybridized carbons (Fsp3) is 0.235. The van der Waals surface area contributed by atoms with Crippen LogP contribution in [0.1, 0.15) is 25.3 Å². The minimum atomic E-state index is -0.212. The molecule has 0 aliphatic heterocycles. The lowest BCUT2D eigenvalue weighted by Crippen LogP contribution is -2.20. The number of carbonyl (C=O) groups excluding carboxylic acids is 1. The van der Waals surface area contributed by atoms with Crippen LogP contribution < -0.4 is 15.8 Å². The summed E-state index contributed by atoms with van der Waals surface area (Å²) in [7, 11) is 0. The summed E-state index contributed by atoms with van der Waals surface area (Å²) in [4.78, 5) is 11.8. The molecule has 0 aromatic heterocycles. The van der Waals surface area contributed by atoms with Gasteiger partial charge >= 0.3 is 0 Å². The topological polar surface area (TPSA) is 64.3 Å². The van der Waals surface area contributed by atoms with Gasteiger partial charge in [0.25, 0.3) is 5.91 Å². The lowest BCUT2D eigenvalue weighted by atomic mass is 10.0. The van der Waals surface area contributed by atoms with Crippen LogP contribution in [0, 0.1) is 0 Å². The Kier molecular flexibility index (Phi) is 4.82. The predicted octanol–water partition coefficient (Wildman–Crippen LogP) is 3.41. The fourth-order valence-electron chi connectivity index (χ4n) is 1.93. The van der Waals surface area contributed by atoms with Gasteiger partial charge in [0.1, 0.15) is 5.75 Å². The molecule has 0 aliphatic rings. The molecular weight excluding hydrogens is 264 g/mol. The number of amides is 1. The van der Waals surface area contributed by atoms with Gasteiger partial charge in [-0.1, -0.05) is 32.0 Å². The molecule has 0 atom stereocenters. The first-order valence-electron chi connectivity index (χ1n) is 6.93. The zero-order valence-electron chi connectivity index (χ0n) is 12.3. The Labute approximate surface area is 124 Å². The summed E-state index contributed by atoms with van der Waals surface area (Å²) >= 11 is 0. The highest BCUT2D eigenvalue weighted by molar-refractivity contribution is 5.92. The molecule has 1 amide bonds. The van der Waals surface area contributed by atoms with E-state index in [1.807, 2.05) is 24.3 Å². The second kappa shape index (κ2) is 6.79. The summed E-state index contributed by atoms with van der Waals surface area (Å²) < 4.78 is 5.52.